The van der Waals surface area contributed by atoms with E-state index in [0.717, 1.165) is 5.01 Å². The number of aromatic nitrogens is 2. The second-order valence-electron chi connectivity index (χ2n) is 5.16. The maximum atomic E-state index is 13.2. The minimum Gasteiger partial charge on any atom is -0.260 e. The predicted octanol–water partition coefficient (Wildman–Crippen LogP) is 4.03. The number of halogens is 2. The molecule has 25 heavy (non-hydrogen) atoms. The van der Waals surface area contributed by atoms with Crippen LogP contribution in [0.1, 0.15) is 10.7 Å². The third-order valence-corrected chi connectivity index (χ3v) is 6.18. The second kappa shape index (κ2) is 7.07. The van der Waals surface area contributed by atoms with Crippen LogP contribution in [0.15, 0.2) is 52.9 Å². The molecule has 0 atom stereocenters. The normalized spacial score (nSPS) is 11.5. The summed E-state index contributed by atoms with van der Waals surface area (Å²) in [6.07, 6.45) is 1.19. The summed E-state index contributed by atoms with van der Waals surface area (Å²) >= 11 is 7.17. The highest BCUT2D eigenvalue weighted by molar-refractivity contribution is 7.92. The quantitative estimate of drug-likeness (QED) is 0.609. The van der Waals surface area contributed by atoms with E-state index in [9.17, 15) is 12.8 Å². The third kappa shape index (κ3) is 3.97. The largest absolute Gasteiger partial charge is 0.266 e. The fraction of sp³-hybridized carbons (Fsp3) is 0.125. The molecule has 0 saturated carbocycles. The van der Waals surface area contributed by atoms with Gasteiger partial charge in [-0.1, -0.05) is 11.6 Å². The molecule has 1 aromatic carbocycles. The van der Waals surface area contributed by atoms with Crippen molar-refractivity contribution >= 4 is 38.6 Å². The van der Waals surface area contributed by atoms with Gasteiger partial charge in [0.05, 0.1) is 22.9 Å². The van der Waals surface area contributed by atoms with E-state index in [1.807, 2.05) is 6.92 Å². The van der Waals surface area contributed by atoms with Gasteiger partial charge < -0.3 is 0 Å². The van der Waals surface area contributed by atoms with Gasteiger partial charge in [0.15, 0.2) is 0 Å². The Kier molecular flexibility index (Phi) is 5.03. The summed E-state index contributed by atoms with van der Waals surface area (Å²) < 4.78 is 40.5. The average Bonchev–Trinajstić information content (AvgIpc) is 2.99. The molecule has 0 aliphatic carbocycles. The zero-order chi connectivity index (χ0) is 18.0. The molecule has 0 aliphatic heterocycles. The monoisotopic (exact) mass is 397 g/mol. The Hall–Kier alpha value is -2.03. The number of rotatable bonds is 5. The number of hydrogen-bond donors (Lipinski definition) is 0. The predicted molar refractivity (Wildman–Crippen MR) is 95.9 cm³/mol. The molecule has 0 bridgehead atoms. The van der Waals surface area contributed by atoms with E-state index in [1.165, 1.54) is 58.2 Å². The molecular weight excluding hydrogens is 385 g/mol. The molecule has 0 radical (unpaired) electrons. The molecule has 0 fully saturated rings. The molecule has 0 aliphatic rings. The summed E-state index contributed by atoms with van der Waals surface area (Å²) in [6, 6.07) is 8.04. The fourth-order valence-electron chi connectivity index (χ4n) is 2.19. The first-order valence-electron chi connectivity index (χ1n) is 7.17. The molecule has 3 aromatic rings. The highest BCUT2D eigenvalue weighted by atomic mass is 35.5. The number of hydrogen-bond acceptors (Lipinski definition) is 5. The Morgan fingerprint density at radius 1 is 1.20 bits per heavy atom. The van der Waals surface area contributed by atoms with Gasteiger partial charge in [0.25, 0.3) is 10.0 Å². The molecule has 0 saturated heterocycles. The van der Waals surface area contributed by atoms with Gasteiger partial charge in [0, 0.05) is 11.6 Å². The Labute approximate surface area is 153 Å². The number of nitrogens with zero attached hydrogens (tertiary/aromatic N) is 3. The van der Waals surface area contributed by atoms with Gasteiger partial charge in [0.2, 0.25) is 0 Å². The summed E-state index contributed by atoms with van der Waals surface area (Å²) in [6.45, 7) is 1.87. The van der Waals surface area contributed by atoms with Crippen molar-refractivity contribution in [2.75, 3.05) is 4.31 Å². The number of benzene rings is 1. The topological polar surface area (TPSA) is 63.2 Å². The van der Waals surface area contributed by atoms with Crippen molar-refractivity contribution in [1.29, 1.82) is 0 Å². The van der Waals surface area contributed by atoms with Crippen LogP contribution < -0.4 is 4.31 Å². The van der Waals surface area contributed by atoms with Gasteiger partial charge in [0.1, 0.15) is 15.9 Å². The fourth-order valence-corrected chi connectivity index (χ4v) is 4.29. The summed E-state index contributed by atoms with van der Waals surface area (Å²) in [5, 5.41) is 2.82. The molecule has 0 N–H and O–H groups in total. The number of thiazole rings is 1. The molecule has 9 heteroatoms. The van der Waals surface area contributed by atoms with E-state index in [1.54, 1.807) is 5.38 Å². The van der Waals surface area contributed by atoms with Crippen LogP contribution in [-0.4, -0.2) is 18.4 Å². The molecule has 2 heterocycles. The van der Waals surface area contributed by atoms with Gasteiger partial charge in [-0.3, -0.25) is 4.31 Å². The maximum absolute atomic E-state index is 13.2. The van der Waals surface area contributed by atoms with Crippen LogP contribution in [0.25, 0.3) is 0 Å². The molecule has 0 unspecified atom stereocenters. The maximum Gasteiger partial charge on any atom is 0.266 e. The van der Waals surface area contributed by atoms with Crippen molar-refractivity contribution in [2.45, 2.75) is 18.4 Å². The first-order chi connectivity index (χ1) is 11.9. The van der Waals surface area contributed by atoms with E-state index < -0.39 is 15.8 Å². The van der Waals surface area contributed by atoms with Gasteiger partial charge >= 0.3 is 0 Å². The van der Waals surface area contributed by atoms with Crippen molar-refractivity contribution < 1.29 is 12.8 Å². The molecular formula is C16H13ClFN3O2S2. The van der Waals surface area contributed by atoms with Crippen molar-refractivity contribution in [3.8, 4) is 0 Å². The lowest BCUT2D eigenvalue weighted by atomic mass is 10.3. The zero-order valence-corrected chi connectivity index (χ0v) is 15.4. The molecule has 130 valence electrons. The first-order valence-corrected chi connectivity index (χ1v) is 9.87. The highest BCUT2D eigenvalue weighted by Gasteiger charge is 2.26. The summed E-state index contributed by atoms with van der Waals surface area (Å²) in [4.78, 5) is 8.14. The molecule has 0 amide bonds. The molecule has 0 spiro atoms. The van der Waals surface area contributed by atoms with E-state index in [-0.39, 0.29) is 16.6 Å². The van der Waals surface area contributed by atoms with Crippen LogP contribution in [0.5, 0.6) is 0 Å². The highest BCUT2D eigenvalue weighted by Crippen LogP contribution is 2.26. The number of anilines is 1. The number of aryl methyl sites for hydroxylation is 1. The SMILES string of the molecule is Cc1nc(CN(c2ccc(F)cc2)S(=O)(=O)c2ccc(Cl)nc2)cs1. The van der Waals surface area contributed by atoms with Gasteiger partial charge in [-0.2, -0.15) is 0 Å². The number of sulfonamides is 1. The Morgan fingerprint density at radius 2 is 1.92 bits per heavy atom. The van der Waals surface area contributed by atoms with E-state index >= 15 is 0 Å². The minimum absolute atomic E-state index is 0.00632. The summed E-state index contributed by atoms with van der Waals surface area (Å²) in [7, 11) is -3.92. The van der Waals surface area contributed by atoms with Crippen molar-refractivity contribution in [2.24, 2.45) is 0 Å². The van der Waals surface area contributed by atoms with Crippen LogP contribution in [0.4, 0.5) is 10.1 Å². The standard InChI is InChI=1S/C16H13ClFN3O2S2/c1-11-20-13(10-24-11)9-21(14-4-2-12(18)3-5-14)25(22,23)15-6-7-16(17)19-8-15/h2-8,10H,9H2,1H3. The van der Waals surface area contributed by atoms with E-state index in [2.05, 4.69) is 9.97 Å². The van der Waals surface area contributed by atoms with Gasteiger partial charge in [-0.25, -0.2) is 22.8 Å². The van der Waals surface area contributed by atoms with Crippen LogP contribution in [-0.2, 0) is 16.6 Å². The lowest BCUT2D eigenvalue weighted by molar-refractivity contribution is 0.589. The van der Waals surface area contributed by atoms with Crippen molar-refractivity contribution in [1.82, 2.24) is 9.97 Å². The van der Waals surface area contributed by atoms with E-state index in [4.69, 9.17) is 11.6 Å². The zero-order valence-electron chi connectivity index (χ0n) is 13.1. The van der Waals surface area contributed by atoms with Gasteiger partial charge in [-0.05, 0) is 43.3 Å². The summed E-state index contributed by atoms with van der Waals surface area (Å²) in [5.74, 6) is -0.446. The van der Waals surface area contributed by atoms with Crippen LogP contribution in [0.3, 0.4) is 0 Å². The van der Waals surface area contributed by atoms with Crippen LogP contribution in [0.2, 0.25) is 5.15 Å². The average molecular weight is 398 g/mol. The Bertz CT molecular complexity index is 973. The van der Waals surface area contributed by atoms with E-state index in [0.29, 0.717) is 11.4 Å². The van der Waals surface area contributed by atoms with Crippen LogP contribution >= 0.6 is 22.9 Å². The molecule has 2 aromatic heterocycles. The van der Waals surface area contributed by atoms with Gasteiger partial charge in [-0.15, -0.1) is 11.3 Å². The smallest absolute Gasteiger partial charge is 0.260 e. The Morgan fingerprint density at radius 3 is 2.48 bits per heavy atom. The molecule has 3 rings (SSSR count). The van der Waals surface area contributed by atoms with Crippen molar-refractivity contribution in [3.63, 3.8) is 0 Å². The molecule has 5 nitrogen and oxygen atoms in total. The van der Waals surface area contributed by atoms with Crippen molar-refractivity contribution in [3.05, 3.63) is 69.6 Å². The number of pyridine rings is 1. The lowest BCUT2D eigenvalue weighted by Crippen LogP contribution is -2.30. The van der Waals surface area contributed by atoms with Crippen LogP contribution in [0, 0.1) is 12.7 Å². The Balaban J connectivity index is 2.05. The lowest BCUT2D eigenvalue weighted by Gasteiger charge is -2.23. The first kappa shape index (κ1) is 17.8. The third-order valence-electron chi connectivity index (χ3n) is 3.38. The minimum atomic E-state index is -3.92. The summed E-state index contributed by atoms with van der Waals surface area (Å²) in [5.41, 5.74) is 0.944. The second-order valence-corrected chi connectivity index (χ2v) is 8.47.